The van der Waals surface area contributed by atoms with Crippen molar-refractivity contribution >= 4 is 23.5 Å². The molecular formula is C12H20FN2O13P3. The fourth-order valence-corrected chi connectivity index (χ4v) is 5.97. The van der Waals surface area contributed by atoms with Crippen LogP contribution in [0, 0.1) is 6.92 Å². The van der Waals surface area contributed by atoms with E-state index in [0.29, 0.717) is 0 Å². The SMILES string of the molecule is Cc1cn([C@@]2(C)CC(F)[C@@](C)(COP(=O)(O)OP(=O)(O)OP(=O)(O)O)O2)c(=O)[nH]c1=O. The van der Waals surface area contributed by atoms with Crippen molar-refractivity contribution in [3.8, 4) is 0 Å². The second kappa shape index (κ2) is 8.40. The second-order valence-electron chi connectivity index (χ2n) is 7.07. The van der Waals surface area contributed by atoms with Gasteiger partial charge in [-0.15, -0.1) is 0 Å². The first-order valence-electron chi connectivity index (χ1n) is 8.23. The number of hydrogen-bond acceptors (Lipinski definition) is 9. The molecule has 15 nitrogen and oxygen atoms in total. The van der Waals surface area contributed by atoms with Gasteiger partial charge in [-0.2, -0.15) is 8.62 Å². The largest absolute Gasteiger partial charge is 0.490 e. The van der Waals surface area contributed by atoms with Gasteiger partial charge in [0.15, 0.2) is 0 Å². The summed E-state index contributed by atoms with van der Waals surface area (Å²) in [4.78, 5) is 61.4. The van der Waals surface area contributed by atoms with Gasteiger partial charge in [-0.3, -0.25) is 18.9 Å². The summed E-state index contributed by atoms with van der Waals surface area (Å²) in [5.41, 5.74) is -5.07. The number of H-pyrrole nitrogens is 1. The lowest BCUT2D eigenvalue weighted by molar-refractivity contribution is -0.155. The highest BCUT2D eigenvalue weighted by Gasteiger charge is 2.54. The lowest BCUT2D eigenvalue weighted by Crippen LogP contribution is -2.45. The molecule has 0 spiro atoms. The zero-order valence-corrected chi connectivity index (χ0v) is 18.9. The van der Waals surface area contributed by atoms with E-state index in [4.69, 9.17) is 19.4 Å². The van der Waals surface area contributed by atoms with Crippen LogP contribution in [0.3, 0.4) is 0 Å². The van der Waals surface area contributed by atoms with Crippen molar-refractivity contribution in [1.29, 1.82) is 0 Å². The van der Waals surface area contributed by atoms with Gasteiger partial charge in [0.1, 0.15) is 17.5 Å². The molecule has 5 N–H and O–H groups in total. The first kappa shape index (κ1) is 26.2. The highest BCUT2D eigenvalue weighted by molar-refractivity contribution is 7.66. The molecule has 2 heterocycles. The summed E-state index contributed by atoms with van der Waals surface area (Å²) in [7, 11) is -16.8. The van der Waals surface area contributed by atoms with Crippen LogP contribution in [-0.2, 0) is 37.3 Å². The minimum atomic E-state index is -5.74. The molecule has 1 fully saturated rings. The minimum absolute atomic E-state index is 0.127. The van der Waals surface area contributed by atoms with Gasteiger partial charge in [0.05, 0.1) is 6.61 Å². The number of aromatic nitrogens is 2. The maximum atomic E-state index is 14.8. The maximum absolute atomic E-state index is 14.8. The van der Waals surface area contributed by atoms with Gasteiger partial charge in [-0.05, 0) is 20.8 Å². The Hall–Kier alpha value is -1.02. The maximum Gasteiger partial charge on any atom is 0.490 e. The number of rotatable bonds is 8. The number of nitrogens with one attached hydrogen (secondary N) is 1. The van der Waals surface area contributed by atoms with Crippen molar-refractivity contribution < 1.29 is 55.5 Å². The van der Waals surface area contributed by atoms with Crippen LogP contribution in [-0.4, -0.2) is 47.5 Å². The normalized spacial score (nSPS) is 30.6. The fraction of sp³-hybridized carbons (Fsp3) is 0.667. The van der Waals surface area contributed by atoms with E-state index in [0.717, 1.165) is 17.7 Å². The molecule has 0 amide bonds. The molecule has 0 bridgehead atoms. The Morgan fingerprint density at radius 1 is 1.19 bits per heavy atom. The third kappa shape index (κ3) is 6.50. The lowest BCUT2D eigenvalue weighted by Gasteiger charge is -2.31. The molecule has 0 aromatic carbocycles. The van der Waals surface area contributed by atoms with E-state index < -0.39 is 65.2 Å². The quantitative estimate of drug-likeness (QED) is 0.297. The Bertz CT molecular complexity index is 1110. The molecular weight excluding hydrogens is 492 g/mol. The third-order valence-electron chi connectivity index (χ3n) is 4.23. The molecule has 31 heavy (non-hydrogen) atoms. The van der Waals surface area contributed by atoms with E-state index in [9.17, 15) is 32.6 Å². The van der Waals surface area contributed by atoms with Crippen LogP contribution in [0.5, 0.6) is 0 Å². The molecule has 0 saturated carbocycles. The molecule has 178 valence electrons. The summed E-state index contributed by atoms with van der Waals surface area (Å²) in [6.45, 7) is 2.77. The van der Waals surface area contributed by atoms with Crippen molar-refractivity contribution in [2.75, 3.05) is 6.61 Å². The van der Waals surface area contributed by atoms with Crippen LogP contribution in [0.15, 0.2) is 15.8 Å². The molecule has 1 aromatic heterocycles. The Morgan fingerprint density at radius 3 is 2.32 bits per heavy atom. The standard InChI is InChI=1S/C12H20FN2O13P3/c1-7-5-15(10(17)14-9(7)16)12(3)4-8(13)11(2,26-12)6-25-30(21,22)28-31(23,24)27-29(18,19)20/h5,8H,4,6H2,1-3H3,(H,21,22)(H,23,24)(H,14,16,17)(H2,18,19,20)/t8?,11-,12-/m1/s1. The molecule has 19 heteroatoms. The van der Waals surface area contributed by atoms with E-state index in [1.54, 1.807) is 0 Å². The molecule has 2 rings (SSSR count). The number of aryl methyl sites for hydroxylation is 1. The number of alkyl halides is 1. The third-order valence-corrected chi connectivity index (χ3v) is 8.02. The van der Waals surface area contributed by atoms with E-state index in [1.807, 2.05) is 4.98 Å². The van der Waals surface area contributed by atoms with Crippen LogP contribution in [0.2, 0.25) is 0 Å². The minimum Gasteiger partial charge on any atom is -0.344 e. The Morgan fingerprint density at radius 2 is 1.77 bits per heavy atom. The number of phosphoric ester groups is 1. The zero-order chi connectivity index (χ0) is 24.0. The van der Waals surface area contributed by atoms with Gasteiger partial charge >= 0.3 is 29.2 Å². The molecule has 0 aliphatic carbocycles. The van der Waals surface area contributed by atoms with Crippen molar-refractivity contribution in [3.05, 3.63) is 32.6 Å². The summed E-state index contributed by atoms with van der Waals surface area (Å²) in [6, 6.07) is 0. The summed E-state index contributed by atoms with van der Waals surface area (Å²) < 4.78 is 66.7. The van der Waals surface area contributed by atoms with E-state index >= 15 is 0 Å². The number of ether oxygens (including phenoxy) is 1. The number of aromatic amines is 1. The predicted molar refractivity (Wildman–Crippen MR) is 98.5 cm³/mol. The van der Waals surface area contributed by atoms with Crippen molar-refractivity contribution in [1.82, 2.24) is 9.55 Å². The summed E-state index contributed by atoms with van der Waals surface area (Å²) in [6.07, 6.45) is -1.21. The van der Waals surface area contributed by atoms with Crippen LogP contribution in [0.1, 0.15) is 25.8 Å². The van der Waals surface area contributed by atoms with Crippen molar-refractivity contribution in [2.24, 2.45) is 0 Å². The zero-order valence-electron chi connectivity index (χ0n) is 16.2. The Balaban J connectivity index is 2.19. The molecule has 0 radical (unpaired) electrons. The van der Waals surface area contributed by atoms with Crippen LogP contribution < -0.4 is 11.2 Å². The van der Waals surface area contributed by atoms with Gasteiger partial charge in [0.25, 0.3) is 5.56 Å². The molecule has 1 aromatic rings. The first-order valence-corrected chi connectivity index (χ1v) is 12.8. The second-order valence-corrected chi connectivity index (χ2v) is 11.5. The van der Waals surface area contributed by atoms with E-state index in [-0.39, 0.29) is 5.56 Å². The Kier molecular flexibility index (Phi) is 7.11. The smallest absolute Gasteiger partial charge is 0.344 e. The van der Waals surface area contributed by atoms with Gasteiger partial charge < -0.3 is 24.3 Å². The summed E-state index contributed by atoms with van der Waals surface area (Å²) >= 11 is 0. The highest BCUT2D eigenvalue weighted by Crippen LogP contribution is 2.66. The summed E-state index contributed by atoms with van der Waals surface area (Å²) in [5, 5.41) is 0. The van der Waals surface area contributed by atoms with Crippen LogP contribution in [0.4, 0.5) is 4.39 Å². The summed E-state index contributed by atoms with van der Waals surface area (Å²) in [5.74, 6) is 0. The number of hydrogen-bond donors (Lipinski definition) is 5. The van der Waals surface area contributed by atoms with Gasteiger partial charge in [-0.1, -0.05) is 0 Å². The van der Waals surface area contributed by atoms with Gasteiger partial charge in [-0.25, -0.2) is 22.9 Å². The topological polar surface area (TPSA) is 224 Å². The highest BCUT2D eigenvalue weighted by atomic mass is 31.3. The number of nitrogens with zero attached hydrogens (tertiary/aromatic N) is 1. The average molecular weight is 512 g/mol. The molecule has 1 saturated heterocycles. The number of phosphoric acid groups is 3. The fourth-order valence-electron chi connectivity index (χ4n) is 2.85. The molecule has 1 aliphatic heterocycles. The van der Waals surface area contributed by atoms with Crippen molar-refractivity contribution in [2.45, 2.75) is 44.7 Å². The van der Waals surface area contributed by atoms with Gasteiger partial charge in [0.2, 0.25) is 0 Å². The first-order chi connectivity index (χ1) is 13.8. The monoisotopic (exact) mass is 512 g/mol. The molecule has 1 aliphatic rings. The number of halogens is 1. The molecule has 5 atom stereocenters. The Labute approximate surface area is 173 Å². The predicted octanol–water partition coefficient (Wildman–Crippen LogP) is 0.378. The lowest BCUT2D eigenvalue weighted by atomic mass is 10.00. The average Bonchev–Trinajstić information content (AvgIpc) is 2.76. The van der Waals surface area contributed by atoms with E-state index in [1.165, 1.54) is 13.8 Å². The van der Waals surface area contributed by atoms with Gasteiger partial charge in [0, 0.05) is 18.2 Å². The van der Waals surface area contributed by atoms with Crippen molar-refractivity contribution in [3.63, 3.8) is 0 Å². The van der Waals surface area contributed by atoms with Crippen LogP contribution in [0.25, 0.3) is 0 Å². The van der Waals surface area contributed by atoms with E-state index in [2.05, 4.69) is 13.1 Å². The van der Waals surface area contributed by atoms with Crippen LogP contribution >= 0.6 is 23.5 Å². The molecule has 3 unspecified atom stereocenters.